The molecule has 0 spiro atoms. The van der Waals surface area contributed by atoms with E-state index in [2.05, 4.69) is 0 Å². The van der Waals surface area contributed by atoms with Crippen LogP contribution < -0.4 is 4.74 Å². The molecule has 1 amide bonds. The molecule has 0 bridgehead atoms. The highest BCUT2D eigenvalue weighted by molar-refractivity contribution is 6.46. The Hall–Kier alpha value is -3.15. The van der Waals surface area contributed by atoms with E-state index in [0.717, 1.165) is 6.42 Å². The average molecular weight is 383 g/mol. The lowest BCUT2D eigenvalue weighted by Crippen LogP contribution is -2.30. The number of aliphatic hydroxyl groups is 1. The molecule has 1 atom stereocenters. The number of nitrogens with zero attached hydrogens (tertiary/aromatic N) is 1. The van der Waals surface area contributed by atoms with E-state index in [4.69, 9.17) is 4.74 Å². The minimum atomic E-state index is -0.780. The third-order valence-corrected chi connectivity index (χ3v) is 4.84. The van der Waals surface area contributed by atoms with E-state index >= 15 is 0 Å². The Morgan fingerprint density at radius 1 is 1.14 bits per heavy atom. The first-order valence-corrected chi connectivity index (χ1v) is 9.16. The van der Waals surface area contributed by atoms with Crippen molar-refractivity contribution in [2.24, 2.45) is 0 Å². The van der Waals surface area contributed by atoms with Crippen LogP contribution in [-0.4, -0.2) is 35.4 Å². The van der Waals surface area contributed by atoms with E-state index in [-0.39, 0.29) is 11.3 Å². The van der Waals surface area contributed by atoms with Crippen LogP contribution in [0.2, 0.25) is 0 Å². The number of ketones is 1. The van der Waals surface area contributed by atoms with E-state index in [1.807, 2.05) is 6.92 Å². The van der Waals surface area contributed by atoms with Crippen molar-refractivity contribution in [3.63, 3.8) is 0 Å². The summed E-state index contributed by atoms with van der Waals surface area (Å²) in [5, 5.41) is 11.0. The number of carbonyl (C=O) groups excluding carboxylic acids is 2. The smallest absolute Gasteiger partial charge is 0.295 e. The molecule has 1 fully saturated rings. The first-order valence-electron chi connectivity index (χ1n) is 9.16. The topological polar surface area (TPSA) is 66.8 Å². The number of likely N-dealkylation sites (tertiary alicyclic amines) is 1. The first kappa shape index (κ1) is 19.6. The summed E-state index contributed by atoms with van der Waals surface area (Å²) < 4.78 is 18.7. The van der Waals surface area contributed by atoms with Gasteiger partial charge in [0, 0.05) is 6.54 Å². The molecule has 3 rings (SSSR count). The molecule has 1 aliphatic heterocycles. The summed E-state index contributed by atoms with van der Waals surface area (Å²) in [5.41, 5.74) is 0.871. The van der Waals surface area contributed by atoms with E-state index in [1.54, 1.807) is 24.3 Å². The molecule has 2 aromatic carbocycles. The monoisotopic (exact) mass is 383 g/mol. The van der Waals surface area contributed by atoms with Crippen molar-refractivity contribution in [2.45, 2.75) is 25.8 Å². The quantitative estimate of drug-likeness (QED) is 0.464. The zero-order valence-electron chi connectivity index (χ0n) is 15.8. The van der Waals surface area contributed by atoms with Crippen molar-refractivity contribution in [1.82, 2.24) is 4.90 Å². The van der Waals surface area contributed by atoms with Crippen molar-refractivity contribution >= 4 is 17.4 Å². The fourth-order valence-corrected chi connectivity index (χ4v) is 3.42. The maximum absolute atomic E-state index is 13.4. The molecule has 5 nitrogen and oxygen atoms in total. The third-order valence-electron chi connectivity index (χ3n) is 4.84. The predicted octanol–water partition coefficient (Wildman–Crippen LogP) is 4.06. The van der Waals surface area contributed by atoms with Crippen LogP contribution >= 0.6 is 0 Å². The Labute approximate surface area is 163 Å². The maximum atomic E-state index is 13.4. The van der Waals surface area contributed by atoms with Gasteiger partial charge in [0.05, 0.1) is 24.3 Å². The molecule has 2 aromatic rings. The number of hydrogen-bond donors (Lipinski definition) is 1. The highest BCUT2D eigenvalue weighted by Gasteiger charge is 2.45. The SMILES string of the molecule is CCCCN1C(=O)C(=O)/C(=C(\O)c2ccccc2OC)C1c1ccc(F)cc1. The van der Waals surface area contributed by atoms with Crippen LogP contribution in [-0.2, 0) is 9.59 Å². The van der Waals surface area contributed by atoms with Gasteiger partial charge in [-0.2, -0.15) is 0 Å². The second-order valence-corrected chi connectivity index (χ2v) is 6.60. The van der Waals surface area contributed by atoms with Gasteiger partial charge in [-0.25, -0.2) is 4.39 Å². The Kier molecular flexibility index (Phi) is 5.78. The Morgan fingerprint density at radius 2 is 1.82 bits per heavy atom. The van der Waals surface area contributed by atoms with Crippen molar-refractivity contribution < 1.29 is 23.8 Å². The molecule has 0 saturated carbocycles. The summed E-state index contributed by atoms with van der Waals surface area (Å²) in [6, 6.07) is 11.6. The second kappa shape index (κ2) is 8.25. The van der Waals surface area contributed by atoms with E-state index in [0.29, 0.717) is 29.8 Å². The number of amides is 1. The molecule has 0 aromatic heterocycles. The lowest BCUT2D eigenvalue weighted by atomic mass is 9.95. The van der Waals surface area contributed by atoms with Crippen LogP contribution in [0.3, 0.4) is 0 Å². The van der Waals surface area contributed by atoms with Crippen molar-refractivity contribution in [3.05, 3.63) is 71.0 Å². The summed E-state index contributed by atoms with van der Waals surface area (Å²) in [4.78, 5) is 27.0. The molecule has 1 N–H and O–H groups in total. The lowest BCUT2D eigenvalue weighted by molar-refractivity contribution is -0.139. The van der Waals surface area contributed by atoms with Crippen LogP contribution in [0.5, 0.6) is 5.75 Å². The highest BCUT2D eigenvalue weighted by atomic mass is 19.1. The van der Waals surface area contributed by atoms with Gasteiger partial charge in [-0.15, -0.1) is 0 Å². The number of Topliss-reactive ketones (excluding diaryl/α,β-unsaturated/α-hetero) is 1. The molecule has 1 unspecified atom stereocenters. The largest absolute Gasteiger partial charge is 0.507 e. The van der Waals surface area contributed by atoms with Gasteiger partial charge in [-0.1, -0.05) is 37.6 Å². The van der Waals surface area contributed by atoms with Crippen LogP contribution in [0.15, 0.2) is 54.1 Å². The zero-order valence-corrected chi connectivity index (χ0v) is 15.8. The first-order chi connectivity index (χ1) is 13.5. The van der Waals surface area contributed by atoms with E-state index in [1.165, 1.54) is 36.3 Å². The van der Waals surface area contributed by atoms with Gasteiger partial charge in [0.15, 0.2) is 0 Å². The number of unbranched alkanes of at least 4 members (excludes halogenated alkanes) is 1. The fourth-order valence-electron chi connectivity index (χ4n) is 3.42. The minimum Gasteiger partial charge on any atom is -0.507 e. The molecule has 0 radical (unpaired) electrons. The third kappa shape index (κ3) is 3.50. The second-order valence-electron chi connectivity index (χ2n) is 6.60. The highest BCUT2D eigenvalue weighted by Crippen LogP contribution is 2.40. The number of benzene rings is 2. The van der Waals surface area contributed by atoms with E-state index < -0.39 is 23.5 Å². The minimum absolute atomic E-state index is 0.0165. The van der Waals surface area contributed by atoms with Gasteiger partial charge >= 0.3 is 0 Å². The lowest BCUT2D eigenvalue weighted by Gasteiger charge is -2.25. The van der Waals surface area contributed by atoms with Gasteiger partial charge in [0.2, 0.25) is 0 Å². The summed E-state index contributed by atoms with van der Waals surface area (Å²) >= 11 is 0. The summed E-state index contributed by atoms with van der Waals surface area (Å²) in [7, 11) is 1.46. The van der Waals surface area contributed by atoms with E-state index in [9.17, 15) is 19.1 Å². The maximum Gasteiger partial charge on any atom is 0.295 e. The Morgan fingerprint density at radius 3 is 2.46 bits per heavy atom. The van der Waals surface area contributed by atoms with Gasteiger partial charge in [0.25, 0.3) is 11.7 Å². The fraction of sp³-hybridized carbons (Fsp3) is 0.273. The molecule has 1 saturated heterocycles. The van der Waals surface area contributed by atoms with Crippen LogP contribution in [0.25, 0.3) is 5.76 Å². The Bertz CT molecular complexity index is 920. The molecule has 1 heterocycles. The Balaban J connectivity index is 2.19. The molecular formula is C22H22FNO4. The average Bonchev–Trinajstić information content (AvgIpc) is 2.97. The van der Waals surface area contributed by atoms with Crippen molar-refractivity contribution in [1.29, 1.82) is 0 Å². The normalized spacial score (nSPS) is 18.5. The van der Waals surface area contributed by atoms with Crippen LogP contribution in [0.1, 0.15) is 36.9 Å². The van der Waals surface area contributed by atoms with Crippen LogP contribution in [0, 0.1) is 5.82 Å². The molecular weight excluding hydrogens is 361 g/mol. The summed E-state index contributed by atoms with van der Waals surface area (Å²) in [6.45, 7) is 2.35. The molecule has 28 heavy (non-hydrogen) atoms. The van der Waals surface area contributed by atoms with Crippen LogP contribution in [0.4, 0.5) is 4.39 Å². The number of rotatable bonds is 6. The molecule has 146 valence electrons. The number of methoxy groups -OCH3 is 1. The summed E-state index contributed by atoms with van der Waals surface area (Å²) in [5.74, 6) is -1.76. The number of para-hydroxylation sites is 1. The zero-order chi connectivity index (χ0) is 20.3. The van der Waals surface area contributed by atoms with Gasteiger partial charge in [0.1, 0.15) is 17.3 Å². The summed E-state index contributed by atoms with van der Waals surface area (Å²) in [6.07, 6.45) is 1.55. The predicted molar refractivity (Wildman–Crippen MR) is 103 cm³/mol. The van der Waals surface area contributed by atoms with Gasteiger partial charge in [-0.3, -0.25) is 9.59 Å². The number of aliphatic hydroxyl groups excluding tert-OH is 1. The van der Waals surface area contributed by atoms with Crippen molar-refractivity contribution in [3.8, 4) is 5.75 Å². The standard InChI is InChI=1S/C22H22FNO4/c1-3-4-13-24-19(14-9-11-15(23)12-10-14)18(21(26)22(24)27)20(25)16-7-5-6-8-17(16)28-2/h5-12,19,25H,3-4,13H2,1-2H3/b20-18-. The van der Waals surface area contributed by atoms with Gasteiger partial charge < -0.3 is 14.7 Å². The molecule has 6 heteroatoms. The number of halogens is 1. The number of hydrogen-bond acceptors (Lipinski definition) is 4. The number of ether oxygens (including phenoxy) is 1. The van der Waals surface area contributed by atoms with Gasteiger partial charge in [-0.05, 0) is 36.2 Å². The number of carbonyl (C=O) groups is 2. The molecule has 1 aliphatic rings. The van der Waals surface area contributed by atoms with Crippen molar-refractivity contribution in [2.75, 3.05) is 13.7 Å². The molecule has 0 aliphatic carbocycles.